The number of para-hydroxylation sites is 1. The first-order valence-corrected chi connectivity index (χ1v) is 4.41. The maximum Gasteiger partial charge on any atom is 0.307 e. The Hall–Kier alpha value is -2.41. The van der Waals surface area contributed by atoms with Crippen molar-refractivity contribution in [3.8, 4) is 0 Å². The van der Waals surface area contributed by atoms with Crippen LogP contribution in [-0.2, 0) is 0 Å². The molecule has 0 fully saturated rings. The Morgan fingerprint density at radius 1 is 1.44 bits per heavy atom. The Bertz CT molecular complexity index is 575. The third-order valence-corrected chi connectivity index (χ3v) is 2.22. The first-order chi connectivity index (χ1) is 7.65. The van der Waals surface area contributed by atoms with Crippen LogP contribution in [0.5, 0.6) is 0 Å². The zero-order valence-electron chi connectivity index (χ0n) is 8.06. The number of rotatable bonds is 2. The number of amides is 1. The number of carbonyl (C=O) groups is 1. The van der Waals surface area contributed by atoms with E-state index in [-0.39, 0.29) is 11.4 Å². The van der Waals surface area contributed by atoms with E-state index >= 15 is 0 Å². The second-order valence-electron chi connectivity index (χ2n) is 3.12. The average molecular weight is 220 g/mol. The van der Waals surface area contributed by atoms with Crippen LogP contribution in [0.3, 0.4) is 0 Å². The highest BCUT2D eigenvalue weighted by Crippen LogP contribution is 2.29. The predicted molar refractivity (Wildman–Crippen MR) is 56.6 cm³/mol. The summed E-state index contributed by atoms with van der Waals surface area (Å²) in [6.07, 6.45) is 0. The van der Waals surface area contributed by atoms with Crippen LogP contribution in [0.15, 0.2) is 24.3 Å². The summed E-state index contributed by atoms with van der Waals surface area (Å²) in [7, 11) is 0. The third-order valence-electron chi connectivity index (χ3n) is 2.22. The highest BCUT2D eigenvalue weighted by molar-refractivity contribution is 6.05. The molecular formula is C9H8N4O3. The van der Waals surface area contributed by atoms with Gasteiger partial charge < -0.3 is 4.98 Å². The fraction of sp³-hybridized carbons (Fsp3) is 0. The van der Waals surface area contributed by atoms with Crippen molar-refractivity contribution in [2.24, 2.45) is 5.84 Å². The van der Waals surface area contributed by atoms with E-state index in [2.05, 4.69) is 4.98 Å². The Kier molecular flexibility index (Phi) is 2.29. The summed E-state index contributed by atoms with van der Waals surface area (Å²) >= 11 is 0. The summed E-state index contributed by atoms with van der Waals surface area (Å²) in [5.74, 6) is 4.23. The van der Waals surface area contributed by atoms with E-state index in [9.17, 15) is 14.9 Å². The number of hydrazine groups is 1. The zero-order valence-corrected chi connectivity index (χ0v) is 8.06. The van der Waals surface area contributed by atoms with Gasteiger partial charge in [-0.2, -0.15) is 0 Å². The summed E-state index contributed by atoms with van der Waals surface area (Å²) in [6, 6.07) is 6.59. The predicted octanol–water partition coefficient (Wildman–Crippen LogP) is 0.680. The van der Waals surface area contributed by atoms with Gasteiger partial charge in [0.25, 0.3) is 5.91 Å². The van der Waals surface area contributed by atoms with Crippen LogP contribution in [-0.4, -0.2) is 15.8 Å². The van der Waals surface area contributed by atoms with E-state index in [0.29, 0.717) is 10.9 Å². The molecule has 0 atom stereocenters. The van der Waals surface area contributed by atoms with E-state index < -0.39 is 10.8 Å². The summed E-state index contributed by atoms with van der Waals surface area (Å²) in [6.45, 7) is 0. The van der Waals surface area contributed by atoms with Crippen molar-refractivity contribution in [1.29, 1.82) is 0 Å². The van der Waals surface area contributed by atoms with Crippen molar-refractivity contribution in [3.63, 3.8) is 0 Å². The largest absolute Gasteiger partial charge is 0.345 e. The lowest BCUT2D eigenvalue weighted by Crippen LogP contribution is -2.30. The van der Waals surface area contributed by atoms with Gasteiger partial charge >= 0.3 is 5.69 Å². The summed E-state index contributed by atoms with van der Waals surface area (Å²) in [5.41, 5.74) is 1.97. The van der Waals surface area contributed by atoms with E-state index in [1.54, 1.807) is 24.3 Å². The van der Waals surface area contributed by atoms with Crippen molar-refractivity contribution in [2.45, 2.75) is 0 Å². The molecule has 1 amide bonds. The van der Waals surface area contributed by atoms with Gasteiger partial charge in [0.1, 0.15) is 0 Å². The average Bonchev–Trinajstić information content (AvgIpc) is 2.67. The third kappa shape index (κ3) is 1.39. The van der Waals surface area contributed by atoms with Gasteiger partial charge in [-0.3, -0.25) is 20.3 Å². The molecule has 1 aromatic heterocycles. The molecule has 7 heteroatoms. The van der Waals surface area contributed by atoms with Gasteiger partial charge in [0.05, 0.1) is 15.8 Å². The van der Waals surface area contributed by atoms with E-state index in [0.717, 1.165) is 0 Å². The normalized spacial score (nSPS) is 10.3. The lowest BCUT2D eigenvalue weighted by molar-refractivity contribution is -0.383. The highest BCUT2D eigenvalue weighted by atomic mass is 16.6. The van der Waals surface area contributed by atoms with Gasteiger partial charge in [-0.1, -0.05) is 12.1 Å². The molecule has 16 heavy (non-hydrogen) atoms. The molecule has 82 valence electrons. The molecule has 0 bridgehead atoms. The number of nitrogens with zero attached hydrogens (tertiary/aromatic N) is 1. The van der Waals surface area contributed by atoms with Gasteiger partial charge in [-0.15, -0.1) is 0 Å². The first kappa shape index (κ1) is 10.1. The molecule has 0 aliphatic carbocycles. The molecule has 2 aromatic rings. The first-order valence-electron chi connectivity index (χ1n) is 4.41. The Morgan fingerprint density at radius 3 is 2.75 bits per heavy atom. The van der Waals surface area contributed by atoms with Crippen LogP contribution >= 0.6 is 0 Å². The summed E-state index contributed by atoms with van der Waals surface area (Å²) in [5, 5.41) is 11.3. The second kappa shape index (κ2) is 3.63. The second-order valence-corrected chi connectivity index (χ2v) is 3.12. The lowest BCUT2D eigenvalue weighted by Gasteiger charge is -1.94. The number of nitrogens with two attached hydrogens (primary N) is 1. The summed E-state index contributed by atoms with van der Waals surface area (Å²) < 4.78 is 0. The number of H-pyrrole nitrogens is 1. The quantitative estimate of drug-likeness (QED) is 0.299. The van der Waals surface area contributed by atoms with Crippen LogP contribution in [0.2, 0.25) is 0 Å². The van der Waals surface area contributed by atoms with Crippen molar-refractivity contribution >= 4 is 22.5 Å². The van der Waals surface area contributed by atoms with E-state index in [1.165, 1.54) is 0 Å². The minimum atomic E-state index is -0.720. The van der Waals surface area contributed by atoms with Gasteiger partial charge in [-0.25, -0.2) is 5.84 Å². The minimum Gasteiger partial charge on any atom is -0.345 e. The molecule has 0 saturated carbocycles. The number of carbonyl (C=O) groups excluding carboxylic acids is 1. The van der Waals surface area contributed by atoms with Crippen LogP contribution in [0.4, 0.5) is 5.69 Å². The van der Waals surface area contributed by atoms with Crippen LogP contribution < -0.4 is 11.3 Å². The zero-order chi connectivity index (χ0) is 11.7. The van der Waals surface area contributed by atoms with Gasteiger partial charge in [0.2, 0.25) is 0 Å². The Labute approximate surface area is 89.4 Å². The molecule has 0 aliphatic heterocycles. The van der Waals surface area contributed by atoms with Gasteiger partial charge in [-0.05, 0) is 12.1 Å². The number of nitro groups is 1. The molecule has 2 rings (SSSR count). The molecule has 0 aliphatic rings. The number of aromatic amines is 1. The number of benzene rings is 1. The SMILES string of the molecule is NNC(=O)c1[nH]c2ccccc2c1[N+](=O)[O-]. The van der Waals surface area contributed by atoms with Crippen LogP contribution in [0.1, 0.15) is 10.5 Å². The molecule has 1 heterocycles. The fourth-order valence-electron chi connectivity index (χ4n) is 1.55. The Balaban J connectivity index is 2.78. The number of hydrogen-bond donors (Lipinski definition) is 3. The smallest absolute Gasteiger partial charge is 0.307 e. The number of aromatic nitrogens is 1. The topological polar surface area (TPSA) is 114 Å². The summed E-state index contributed by atoms with van der Waals surface area (Å²) in [4.78, 5) is 24.3. The molecular weight excluding hydrogens is 212 g/mol. The standard InChI is InChI=1S/C9H8N4O3/c10-12-9(14)7-8(13(15)16)5-3-1-2-4-6(5)11-7/h1-4,11H,10H2,(H,12,14). The number of fused-ring (bicyclic) bond motifs is 1. The number of nitrogen functional groups attached to an aromatic ring is 1. The Morgan fingerprint density at radius 2 is 2.12 bits per heavy atom. The van der Waals surface area contributed by atoms with E-state index in [1.807, 2.05) is 5.43 Å². The van der Waals surface area contributed by atoms with Crippen molar-refractivity contribution in [3.05, 3.63) is 40.1 Å². The van der Waals surface area contributed by atoms with Gasteiger partial charge in [0, 0.05) is 0 Å². The molecule has 4 N–H and O–H groups in total. The molecule has 7 nitrogen and oxygen atoms in total. The van der Waals surface area contributed by atoms with Crippen LogP contribution in [0.25, 0.3) is 10.9 Å². The minimum absolute atomic E-state index is 0.145. The molecule has 0 spiro atoms. The maximum atomic E-state index is 11.3. The molecule has 0 radical (unpaired) electrons. The van der Waals surface area contributed by atoms with Crippen LogP contribution in [0, 0.1) is 10.1 Å². The van der Waals surface area contributed by atoms with Gasteiger partial charge in [0.15, 0.2) is 5.69 Å². The number of hydrogen-bond acceptors (Lipinski definition) is 4. The molecule has 1 aromatic carbocycles. The maximum absolute atomic E-state index is 11.3. The number of nitrogens with one attached hydrogen (secondary N) is 2. The van der Waals surface area contributed by atoms with Crippen molar-refractivity contribution in [2.75, 3.05) is 0 Å². The molecule has 0 unspecified atom stereocenters. The van der Waals surface area contributed by atoms with Crippen molar-refractivity contribution < 1.29 is 9.72 Å². The monoisotopic (exact) mass is 220 g/mol. The van der Waals surface area contributed by atoms with E-state index in [4.69, 9.17) is 5.84 Å². The van der Waals surface area contributed by atoms with Crippen molar-refractivity contribution in [1.82, 2.24) is 10.4 Å². The highest BCUT2D eigenvalue weighted by Gasteiger charge is 2.25. The fourth-order valence-corrected chi connectivity index (χ4v) is 1.55. The molecule has 0 saturated heterocycles. The lowest BCUT2D eigenvalue weighted by atomic mass is 10.2.